The van der Waals surface area contributed by atoms with Crippen molar-refractivity contribution in [1.29, 1.82) is 0 Å². The van der Waals surface area contributed by atoms with E-state index >= 15 is 0 Å². The number of esters is 1. The maximum absolute atomic E-state index is 11.6. The average Bonchev–Trinajstić information content (AvgIpc) is 2.27. The molecule has 82 valence electrons. The van der Waals surface area contributed by atoms with Gasteiger partial charge in [-0.05, 0) is 46.2 Å². The van der Waals surface area contributed by atoms with Crippen molar-refractivity contribution < 1.29 is 14.6 Å². The first-order valence-corrected chi connectivity index (χ1v) is 5.71. The van der Waals surface area contributed by atoms with Crippen molar-refractivity contribution in [2.24, 2.45) is 0 Å². The van der Waals surface area contributed by atoms with E-state index in [-0.39, 0.29) is 5.75 Å². The highest BCUT2D eigenvalue weighted by atomic mass is 127. The number of methoxy groups -OCH3 is 1. The Balaban J connectivity index is 2.85. The highest BCUT2D eigenvalue weighted by molar-refractivity contribution is 14.1. The smallest absolute Gasteiger partial charge is 0.338 e. The monoisotopic (exact) mass is 328 g/mol. The van der Waals surface area contributed by atoms with E-state index in [1.807, 2.05) is 18.2 Å². The summed E-state index contributed by atoms with van der Waals surface area (Å²) < 4.78 is 5.66. The molecule has 0 aliphatic rings. The molecule has 4 heteroatoms. The second-order valence-electron chi connectivity index (χ2n) is 3.32. The van der Waals surface area contributed by atoms with Crippen LogP contribution >= 0.6 is 22.6 Å². The molecule has 0 spiro atoms. The van der Waals surface area contributed by atoms with Gasteiger partial charge in [-0.1, -0.05) is 12.1 Å². The molecule has 0 radical (unpaired) electrons. The number of phenols is 1. The van der Waals surface area contributed by atoms with Crippen molar-refractivity contribution in [3.63, 3.8) is 0 Å². The van der Waals surface area contributed by atoms with Crippen LogP contribution in [0.4, 0.5) is 0 Å². The Kier molecular flexibility index (Phi) is 3.00. The van der Waals surface area contributed by atoms with Crippen LogP contribution in [0.3, 0.4) is 0 Å². The molecular weight excluding hydrogens is 319 g/mol. The highest BCUT2D eigenvalue weighted by Crippen LogP contribution is 2.29. The normalized spacial score (nSPS) is 10.4. The molecule has 1 N–H and O–H groups in total. The molecule has 0 bridgehead atoms. The molecule has 0 atom stereocenters. The van der Waals surface area contributed by atoms with Gasteiger partial charge in [0.2, 0.25) is 0 Å². The predicted octanol–water partition coefficient (Wildman–Crippen LogP) is 2.94. The fraction of sp³-hybridized carbons (Fsp3) is 0.0833. The minimum absolute atomic E-state index is 0.0647. The zero-order valence-electron chi connectivity index (χ0n) is 8.53. The summed E-state index contributed by atoms with van der Waals surface area (Å²) in [5.41, 5.74) is 0.391. The number of carbonyl (C=O) groups excluding carboxylic acids is 1. The topological polar surface area (TPSA) is 46.5 Å². The molecule has 0 amide bonds. The van der Waals surface area contributed by atoms with Crippen LogP contribution < -0.4 is 0 Å². The Bertz CT molecular complexity index is 563. The molecule has 0 unspecified atom stereocenters. The maximum Gasteiger partial charge on any atom is 0.338 e. The third kappa shape index (κ3) is 1.84. The quantitative estimate of drug-likeness (QED) is 0.647. The molecule has 0 saturated carbocycles. The van der Waals surface area contributed by atoms with E-state index < -0.39 is 5.97 Å². The number of aromatic hydroxyl groups is 1. The molecule has 2 rings (SSSR count). The van der Waals surface area contributed by atoms with E-state index in [0.717, 1.165) is 14.3 Å². The molecule has 0 fully saturated rings. The first-order chi connectivity index (χ1) is 7.63. The molecule has 16 heavy (non-hydrogen) atoms. The van der Waals surface area contributed by atoms with E-state index in [1.165, 1.54) is 13.2 Å². The lowest BCUT2D eigenvalue weighted by Crippen LogP contribution is -2.02. The van der Waals surface area contributed by atoms with Crippen molar-refractivity contribution >= 4 is 39.3 Å². The third-order valence-corrected chi connectivity index (χ3v) is 3.22. The minimum Gasteiger partial charge on any atom is -0.508 e. The van der Waals surface area contributed by atoms with Gasteiger partial charge in [-0.15, -0.1) is 0 Å². The van der Waals surface area contributed by atoms with Gasteiger partial charge in [0.25, 0.3) is 0 Å². The molecule has 2 aromatic carbocycles. The van der Waals surface area contributed by atoms with E-state index in [1.54, 1.807) is 6.07 Å². The predicted molar refractivity (Wildman–Crippen MR) is 69.7 cm³/mol. The summed E-state index contributed by atoms with van der Waals surface area (Å²) in [6, 6.07) is 8.70. The lowest BCUT2D eigenvalue weighted by molar-refractivity contribution is 0.0602. The van der Waals surface area contributed by atoms with E-state index in [9.17, 15) is 9.90 Å². The van der Waals surface area contributed by atoms with Gasteiger partial charge in [-0.3, -0.25) is 0 Å². The van der Waals surface area contributed by atoms with Gasteiger partial charge in [0.1, 0.15) is 5.75 Å². The minimum atomic E-state index is -0.440. The van der Waals surface area contributed by atoms with Crippen LogP contribution in [-0.2, 0) is 4.74 Å². The Hall–Kier alpha value is -1.30. The first kappa shape index (κ1) is 11.2. The second kappa shape index (κ2) is 4.29. The lowest BCUT2D eigenvalue weighted by Gasteiger charge is -2.07. The summed E-state index contributed by atoms with van der Waals surface area (Å²) >= 11 is 2.16. The molecule has 0 heterocycles. The van der Waals surface area contributed by atoms with Crippen LogP contribution in [0.1, 0.15) is 10.4 Å². The van der Waals surface area contributed by atoms with Gasteiger partial charge < -0.3 is 9.84 Å². The maximum atomic E-state index is 11.6. The standard InChI is InChI=1S/C12H9IO3/c1-16-12(15)9-6-8(14)5-7-3-2-4-10(13)11(7)9/h2-6,14H,1H3. The Labute approximate surface area is 106 Å². The van der Waals surface area contributed by atoms with Crippen molar-refractivity contribution in [3.8, 4) is 5.75 Å². The number of carbonyl (C=O) groups is 1. The van der Waals surface area contributed by atoms with Crippen LogP contribution in [0.25, 0.3) is 10.8 Å². The summed E-state index contributed by atoms with van der Waals surface area (Å²) in [5, 5.41) is 11.2. The van der Waals surface area contributed by atoms with Crippen LogP contribution in [0, 0.1) is 3.57 Å². The number of rotatable bonds is 1. The highest BCUT2D eigenvalue weighted by Gasteiger charge is 2.13. The number of fused-ring (bicyclic) bond motifs is 1. The summed E-state index contributed by atoms with van der Waals surface area (Å²) in [5.74, 6) is -0.375. The second-order valence-corrected chi connectivity index (χ2v) is 4.49. The summed E-state index contributed by atoms with van der Waals surface area (Å²) in [7, 11) is 1.33. The average molecular weight is 328 g/mol. The molecule has 0 aliphatic carbocycles. The fourth-order valence-corrected chi connectivity index (χ4v) is 2.45. The number of hydrogen-bond acceptors (Lipinski definition) is 3. The van der Waals surface area contributed by atoms with Gasteiger partial charge >= 0.3 is 5.97 Å². The number of ether oxygens (including phenoxy) is 1. The third-order valence-electron chi connectivity index (χ3n) is 2.32. The van der Waals surface area contributed by atoms with E-state index in [2.05, 4.69) is 22.6 Å². The molecule has 3 nitrogen and oxygen atoms in total. The zero-order valence-corrected chi connectivity index (χ0v) is 10.7. The number of hydrogen-bond donors (Lipinski definition) is 1. The molecule has 2 aromatic rings. The summed E-state index contributed by atoms with van der Waals surface area (Å²) in [6.45, 7) is 0. The van der Waals surface area contributed by atoms with E-state index in [0.29, 0.717) is 5.56 Å². The van der Waals surface area contributed by atoms with Crippen molar-refractivity contribution in [2.75, 3.05) is 7.11 Å². The van der Waals surface area contributed by atoms with Gasteiger partial charge in [-0.2, -0.15) is 0 Å². The number of benzene rings is 2. The lowest BCUT2D eigenvalue weighted by atomic mass is 10.0. The largest absolute Gasteiger partial charge is 0.508 e. The SMILES string of the molecule is COC(=O)c1cc(O)cc2cccc(I)c12. The summed E-state index contributed by atoms with van der Waals surface area (Å²) in [4.78, 5) is 11.6. The number of halogens is 1. The summed E-state index contributed by atoms with van der Waals surface area (Å²) in [6.07, 6.45) is 0. The molecule has 0 saturated heterocycles. The van der Waals surface area contributed by atoms with Crippen molar-refractivity contribution in [2.45, 2.75) is 0 Å². The first-order valence-electron chi connectivity index (χ1n) is 4.63. The van der Waals surface area contributed by atoms with Crippen LogP contribution in [0.2, 0.25) is 0 Å². The number of phenolic OH excluding ortho intramolecular Hbond substituents is 1. The van der Waals surface area contributed by atoms with E-state index in [4.69, 9.17) is 4.74 Å². The Morgan fingerprint density at radius 1 is 1.38 bits per heavy atom. The van der Waals surface area contributed by atoms with Crippen LogP contribution in [0.5, 0.6) is 5.75 Å². The Morgan fingerprint density at radius 3 is 2.81 bits per heavy atom. The molecule has 0 aliphatic heterocycles. The van der Waals surface area contributed by atoms with Gasteiger partial charge in [0.05, 0.1) is 12.7 Å². The van der Waals surface area contributed by atoms with Gasteiger partial charge in [0, 0.05) is 8.96 Å². The van der Waals surface area contributed by atoms with Crippen LogP contribution in [-0.4, -0.2) is 18.2 Å². The zero-order chi connectivity index (χ0) is 11.7. The molecular formula is C12H9IO3. The van der Waals surface area contributed by atoms with Gasteiger partial charge in [0.15, 0.2) is 0 Å². The van der Waals surface area contributed by atoms with Crippen LogP contribution in [0.15, 0.2) is 30.3 Å². The van der Waals surface area contributed by atoms with Crippen molar-refractivity contribution in [1.82, 2.24) is 0 Å². The molecule has 0 aromatic heterocycles. The Morgan fingerprint density at radius 2 is 2.12 bits per heavy atom. The van der Waals surface area contributed by atoms with Gasteiger partial charge in [-0.25, -0.2) is 4.79 Å². The van der Waals surface area contributed by atoms with Crippen molar-refractivity contribution in [3.05, 3.63) is 39.5 Å². The fourth-order valence-electron chi connectivity index (χ4n) is 1.64.